The summed E-state index contributed by atoms with van der Waals surface area (Å²) in [7, 11) is 0. The normalized spacial score (nSPS) is 10.3. The number of benzene rings is 2. The van der Waals surface area contributed by atoms with E-state index in [0.717, 1.165) is 11.1 Å². The van der Waals surface area contributed by atoms with Crippen LogP contribution in [0.25, 0.3) is 0 Å². The molecular formula is C14H14FN3O2. The van der Waals surface area contributed by atoms with E-state index in [1.54, 1.807) is 0 Å². The Morgan fingerprint density at radius 2 is 1.90 bits per heavy atom. The van der Waals surface area contributed by atoms with E-state index in [9.17, 15) is 14.5 Å². The summed E-state index contributed by atoms with van der Waals surface area (Å²) in [5, 5.41) is 13.5. The number of nitrogens with zero attached hydrogens (tertiary/aromatic N) is 1. The summed E-state index contributed by atoms with van der Waals surface area (Å²) in [6.07, 6.45) is 0. The summed E-state index contributed by atoms with van der Waals surface area (Å²) in [6, 6.07) is 10.3. The fraction of sp³-hybridized carbons (Fsp3) is 0.143. The van der Waals surface area contributed by atoms with E-state index in [0.29, 0.717) is 6.54 Å². The van der Waals surface area contributed by atoms with Gasteiger partial charge in [0.05, 0.1) is 10.6 Å². The van der Waals surface area contributed by atoms with Crippen LogP contribution in [0.1, 0.15) is 11.1 Å². The first-order valence-electron chi connectivity index (χ1n) is 6.01. The summed E-state index contributed by atoms with van der Waals surface area (Å²) >= 11 is 0. The van der Waals surface area contributed by atoms with E-state index in [1.807, 2.05) is 31.2 Å². The molecular weight excluding hydrogens is 261 g/mol. The Morgan fingerprint density at radius 1 is 1.25 bits per heavy atom. The Kier molecular flexibility index (Phi) is 3.84. The second-order valence-electron chi connectivity index (χ2n) is 4.46. The molecule has 0 aliphatic carbocycles. The van der Waals surface area contributed by atoms with Gasteiger partial charge in [0.2, 0.25) is 0 Å². The molecule has 0 aromatic heterocycles. The molecule has 0 unspecified atom stereocenters. The zero-order valence-corrected chi connectivity index (χ0v) is 10.9. The summed E-state index contributed by atoms with van der Waals surface area (Å²) in [4.78, 5) is 9.93. The molecule has 0 radical (unpaired) electrons. The molecule has 0 saturated carbocycles. The van der Waals surface area contributed by atoms with Crippen LogP contribution < -0.4 is 11.1 Å². The van der Waals surface area contributed by atoms with Crippen molar-refractivity contribution in [1.82, 2.24) is 0 Å². The van der Waals surface area contributed by atoms with E-state index < -0.39 is 22.1 Å². The number of rotatable bonds is 4. The number of hydrogen-bond donors (Lipinski definition) is 2. The molecule has 104 valence electrons. The smallest absolute Gasteiger partial charge is 0.295 e. The Labute approximate surface area is 115 Å². The summed E-state index contributed by atoms with van der Waals surface area (Å²) in [6.45, 7) is 2.39. The Hall–Kier alpha value is -2.63. The molecule has 2 aromatic rings. The largest absolute Gasteiger partial charge is 0.391 e. The van der Waals surface area contributed by atoms with Crippen molar-refractivity contribution in [1.29, 1.82) is 0 Å². The van der Waals surface area contributed by atoms with E-state index in [2.05, 4.69) is 5.32 Å². The second kappa shape index (κ2) is 5.56. The van der Waals surface area contributed by atoms with Gasteiger partial charge in [-0.1, -0.05) is 29.8 Å². The van der Waals surface area contributed by atoms with Gasteiger partial charge < -0.3 is 11.1 Å². The first-order chi connectivity index (χ1) is 9.49. The maximum atomic E-state index is 13.9. The molecule has 0 bridgehead atoms. The average Bonchev–Trinajstić information content (AvgIpc) is 2.42. The standard InChI is InChI=1S/C14H14FN3O2/c1-9-2-4-10(5-3-9)8-17-11-6-7-12(18(19)20)14(16)13(11)15/h2-7,17H,8,16H2,1H3. The highest BCUT2D eigenvalue weighted by atomic mass is 19.1. The molecule has 3 N–H and O–H groups in total. The van der Waals surface area contributed by atoms with Crippen LogP contribution in [-0.4, -0.2) is 4.92 Å². The average molecular weight is 275 g/mol. The first kappa shape index (κ1) is 13.8. The molecule has 20 heavy (non-hydrogen) atoms. The number of anilines is 2. The van der Waals surface area contributed by atoms with Gasteiger partial charge in [0.25, 0.3) is 5.69 Å². The molecule has 2 aromatic carbocycles. The molecule has 0 saturated heterocycles. The van der Waals surface area contributed by atoms with Gasteiger partial charge in [0, 0.05) is 12.6 Å². The van der Waals surface area contributed by atoms with E-state index in [-0.39, 0.29) is 5.69 Å². The van der Waals surface area contributed by atoms with Crippen LogP contribution >= 0.6 is 0 Å². The lowest BCUT2D eigenvalue weighted by Crippen LogP contribution is -2.05. The molecule has 6 heteroatoms. The van der Waals surface area contributed by atoms with Gasteiger partial charge in [-0.2, -0.15) is 0 Å². The zero-order valence-electron chi connectivity index (χ0n) is 10.9. The molecule has 0 atom stereocenters. The molecule has 2 rings (SSSR count). The quantitative estimate of drug-likeness (QED) is 0.510. The van der Waals surface area contributed by atoms with Crippen LogP contribution in [0.3, 0.4) is 0 Å². The number of hydrogen-bond acceptors (Lipinski definition) is 4. The number of halogens is 1. The van der Waals surface area contributed by atoms with Gasteiger partial charge in [-0.05, 0) is 18.6 Å². The number of nitrogens with one attached hydrogen (secondary N) is 1. The lowest BCUT2D eigenvalue weighted by molar-refractivity contribution is -0.384. The highest BCUT2D eigenvalue weighted by Gasteiger charge is 2.18. The molecule has 0 aliphatic heterocycles. The SMILES string of the molecule is Cc1ccc(CNc2ccc([N+](=O)[O-])c(N)c2F)cc1. The van der Waals surface area contributed by atoms with Gasteiger partial charge in [0.1, 0.15) is 5.69 Å². The van der Waals surface area contributed by atoms with Crippen molar-refractivity contribution >= 4 is 17.1 Å². The number of nitrogens with two attached hydrogens (primary N) is 1. The highest BCUT2D eigenvalue weighted by molar-refractivity contribution is 5.67. The van der Waals surface area contributed by atoms with Crippen molar-refractivity contribution in [3.63, 3.8) is 0 Å². The Morgan fingerprint density at radius 3 is 2.50 bits per heavy atom. The molecule has 0 amide bonds. The Bertz CT molecular complexity index is 642. The third-order valence-corrected chi connectivity index (χ3v) is 2.96. The van der Waals surface area contributed by atoms with Crippen molar-refractivity contribution in [2.45, 2.75) is 13.5 Å². The summed E-state index contributed by atoms with van der Waals surface area (Å²) < 4.78 is 13.9. The minimum atomic E-state index is -0.800. The number of nitro benzene ring substituents is 1. The lowest BCUT2D eigenvalue weighted by Gasteiger charge is -2.09. The number of aryl methyl sites for hydroxylation is 1. The van der Waals surface area contributed by atoms with Gasteiger partial charge >= 0.3 is 0 Å². The Balaban J connectivity index is 2.16. The molecule has 0 spiro atoms. The van der Waals surface area contributed by atoms with Crippen LogP contribution in [-0.2, 0) is 6.54 Å². The van der Waals surface area contributed by atoms with E-state index in [1.165, 1.54) is 12.1 Å². The van der Waals surface area contributed by atoms with Crippen molar-refractivity contribution < 1.29 is 9.31 Å². The van der Waals surface area contributed by atoms with Crippen LogP contribution in [0.4, 0.5) is 21.5 Å². The highest BCUT2D eigenvalue weighted by Crippen LogP contribution is 2.29. The third kappa shape index (κ3) is 2.85. The monoisotopic (exact) mass is 275 g/mol. The second-order valence-corrected chi connectivity index (χ2v) is 4.46. The first-order valence-corrected chi connectivity index (χ1v) is 6.01. The van der Waals surface area contributed by atoms with E-state index in [4.69, 9.17) is 5.73 Å². The number of nitro groups is 1. The van der Waals surface area contributed by atoms with Gasteiger partial charge in [-0.3, -0.25) is 10.1 Å². The van der Waals surface area contributed by atoms with E-state index >= 15 is 0 Å². The molecule has 5 nitrogen and oxygen atoms in total. The van der Waals surface area contributed by atoms with Gasteiger partial charge in [0.15, 0.2) is 5.82 Å². The lowest BCUT2D eigenvalue weighted by atomic mass is 10.1. The topological polar surface area (TPSA) is 81.2 Å². The molecule has 0 fully saturated rings. The van der Waals surface area contributed by atoms with Crippen LogP contribution in [0.2, 0.25) is 0 Å². The third-order valence-electron chi connectivity index (χ3n) is 2.96. The zero-order chi connectivity index (χ0) is 14.7. The van der Waals surface area contributed by atoms with Gasteiger partial charge in [-0.25, -0.2) is 4.39 Å². The van der Waals surface area contributed by atoms with Gasteiger partial charge in [-0.15, -0.1) is 0 Å². The van der Waals surface area contributed by atoms with Crippen LogP contribution in [0, 0.1) is 22.9 Å². The predicted octanol–water partition coefficient (Wildman–Crippen LogP) is 3.24. The minimum absolute atomic E-state index is 0.147. The fourth-order valence-corrected chi connectivity index (χ4v) is 1.78. The maximum Gasteiger partial charge on any atom is 0.295 e. The van der Waals surface area contributed by atoms with Crippen LogP contribution in [0.15, 0.2) is 36.4 Å². The van der Waals surface area contributed by atoms with Crippen molar-refractivity contribution in [3.8, 4) is 0 Å². The predicted molar refractivity (Wildman–Crippen MR) is 76.0 cm³/mol. The summed E-state index contributed by atoms with van der Waals surface area (Å²) in [5.74, 6) is -0.800. The van der Waals surface area contributed by atoms with Crippen LogP contribution in [0.5, 0.6) is 0 Å². The fourth-order valence-electron chi connectivity index (χ4n) is 1.78. The maximum absolute atomic E-state index is 13.9. The van der Waals surface area contributed by atoms with Crippen molar-refractivity contribution in [3.05, 3.63) is 63.5 Å². The minimum Gasteiger partial charge on any atom is -0.391 e. The summed E-state index contributed by atoms with van der Waals surface area (Å²) in [5.41, 5.74) is 6.80. The van der Waals surface area contributed by atoms with Crippen molar-refractivity contribution in [2.75, 3.05) is 11.1 Å². The molecule has 0 aliphatic rings. The molecule has 0 heterocycles. The number of nitrogen functional groups attached to an aromatic ring is 1. The van der Waals surface area contributed by atoms with Crippen molar-refractivity contribution in [2.24, 2.45) is 0 Å².